The fourth-order valence-corrected chi connectivity index (χ4v) is 1.74. The molecule has 7 nitrogen and oxygen atoms in total. The Hall–Kier alpha value is -2.83. The molecule has 0 saturated carbocycles. The van der Waals surface area contributed by atoms with E-state index in [1.54, 1.807) is 25.1 Å². The van der Waals surface area contributed by atoms with Gasteiger partial charge in [-0.05, 0) is 18.6 Å². The summed E-state index contributed by atoms with van der Waals surface area (Å²) in [5.74, 6) is -1.02. The van der Waals surface area contributed by atoms with Gasteiger partial charge in [-0.2, -0.15) is 0 Å². The first-order chi connectivity index (χ1) is 10.5. The van der Waals surface area contributed by atoms with E-state index in [0.717, 1.165) is 5.56 Å². The first-order valence-corrected chi connectivity index (χ1v) is 6.60. The predicted octanol–water partition coefficient (Wildman–Crippen LogP) is 1.21. The van der Waals surface area contributed by atoms with Crippen LogP contribution in [0.1, 0.15) is 15.9 Å². The number of imide groups is 1. The fourth-order valence-electron chi connectivity index (χ4n) is 1.74. The maximum atomic E-state index is 11.8. The topological polar surface area (TPSA) is 96.5 Å². The summed E-state index contributed by atoms with van der Waals surface area (Å²) in [6, 6.07) is 4.56. The molecule has 118 valence electrons. The van der Waals surface area contributed by atoms with Crippen molar-refractivity contribution in [1.82, 2.24) is 10.6 Å². The van der Waals surface area contributed by atoms with E-state index in [0.29, 0.717) is 11.3 Å². The van der Waals surface area contributed by atoms with Crippen molar-refractivity contribution in [3.63, 3.8) is 0 Å². The lowest BCUT2D eigenvalue weighted by molar-refractivity contribution is -0.118. The van der Waals surface area contributed by atoms with Crippen LogP contribution < -0.4 is 16.0 Å². The second-order valence-electron chi connectivity index (χ2n) is 4.39. The number of esters is 1. The van der Waals surface area contributed by atoms with Crippen LogP contribution >= 0.6 is 0 Å². The van der Waals surface area contributed by atoms with Gasteiger partial charge < -0.3 is 15.4 Å². The van der Waals surface area contributed by atoms with Crippen molar-refractivity contribution in [3.8, 4) is 0 Å². The molecule has 1 aromatic carbocycles. The van der Waals surface area contributed by atoms with Crippen LogP contribution in [0.4, 0.5) is 10.5 Å². The molecule has 0 fully saturated rings. The van der Waals surface area contributed by atoms with Gasteiger partial charge in [-0.15, -0.1) is 6.58 Å². The SMILES string of the molecule is C=CCNC(=O)NC(=O)CNc1cccc(C)c1C(=O)OC. The molecular formula is C15H19N3O4. The van der Waals surface area contributed by atoms with E-state index >= 15 is 0 Å². The number of rotatable bonds is 6. The van der Waals surface area contributed by atoms with Crippen LogP contribution in [-0.4, -0.2) is 38.1 Å². The summed E-state index contributed by atoms with van der Waals surface area (Å²) in [6.45, 7) is 5.31. The highest BCUT2D eigenvalue weighted by atomic mass is 16.5. The molecule has 7 heteroatoms. The molecule has 0 aliphatic rings. The fraction of sp³-hybridized carbons (Fsp3) is 0.267. The molecule has 0 saturated heterocycles. The highest BCUT2D eigenvalue weighted by Crippen LogP contribution is 2.20. The molecule has 0 spiro atoms. The van der Waals surface area contributed by atoms with E-state index in [4.69, 9.17) is 4.74 Å². The van der Waals surface area contributed by atoms with Gasteiger partial charge in [-0.1, -0.05) is 18.2 Å². The average Bonchev–Trinajstić information content (AvgIpc) is 2.50. The van der Waals surface area contributed by atoms with Crippen LogP contribution in [0.5, 0.6) is 0 Å². The number of aryl methyl sites for hydroxylation is 1. The van der Waals surface area contributed by atoms with Gasteiger partial charge in [0.15, 0.2) is 0 Å². The molecule has 1 aromatic rings. The van der Waals surface area contributed by atoms with Crippen LogP contribution in [-0.2, 0) is 9.53 Å². The van der Waals surface area contributed by atoms with E-state index in [1.807, 2.05) is 0 Å². The van der Waals surface area contributed by atoms with Gasteiger partial charge in [-0.25, -0.2) is 9.59 Å². The smallest absolute Gasteiger partial charge is 0.340 e. The number of carbonyl (C=O) groups is 3. The molecule has 22 heavy (non-hydrogen) atoms. The summed E-state index contributed by atoms with van der Waals surface area (Å²) in [5.41, 5.74) is 1.54. The Labute approximate surface area is 128 Å². The molecule has 0 unspecified atom stereocenters. The Morgan fingerprint density at radius 2 is 2.05 bits per heavy atom. The highest BCUT2D eigenvalue weighted by molar-refractivity contribution is 5.99. The summed E-state index contributed by atoms with van der Waals surface area (Å²) < 4.78 is 4.72. The van der Waals surface area contributed by atoms with E-state index < -0.39 is 17.9 Å². The lowest BCUT2D eigenvalue weighted by Gasteiger charge is -2.12. The molecule has 1 rings (SSSR count). The van der Waals surface area contributed by atoms with E-state index in [-0.39, 0.29) is 13.1 Å². The summed E-state index contributed by atoms with van der Waals surface area (Å²) >= 11 is 0. The van der Waals surface area contributed by atoms with E-state index in [1.165, 1.54) is 13.2 Å². The zero-order chi connectivity index (χ0) is 16.5. The highest BCUT2D eigenvalue weighted by Gasteiger charge is 2.15. The predicted molar refractivity (Wildman–Crippen MR) is 82.7 cm³/mol. The number of hydrogen-bond acceptors (Lipinski definition) is 5. The van der Waals surface area contributed by atoms with Crippen molar-refractivity contribution in [3.05, 3.63) is 42.0 Å². The van der Waals surface area contributed by atoms with Crippen LogP contribution in [0.3, 0.4) is 0 Å². The minimum Gasteiger partial charge on any atom is -0.465 e. The average molecular weight is 305 g/mol. The minimum atomic E-state index is -0.607. The number of amides is 3. The first-order valence-electron chi connectivity index (χ1n) is 6.60. The van der Waals surface area contributed by atoms with E-state index in [9.17, 15) is 14.4 Å². The molecule has 0 aliphatic heterocycles. The van der Waals surface area contributed by atoms with E-state index in [2.05, 4.69) is 22.5 Å². The van der Waals surface area contributed by atoms with Crippen molar-refractivity contribution in [2.24, 2.45) is 0 Å². The van der Waals surface area contributed by atoms with Gasteiger partial charge in [0.25, 0.3) is 0 Å². The molecule has 0 aromatic heterocycles. The maximum absolute atomic E-state index is 11.8. The summed E-state index contributed by atoms with van der Waals surface area (Å²) in [5, 5.41) is 7.38. The molecule has 0 aliphatic carbocycles. The normalized spacial score (nSPS) is 9.55. The number of carbonyl (C=O) groups excluding carboxylic acids is 3. The monoisotopic (exact) mass is 305 g/mol. The third-order valence-corrected chi connectivity index (χ3v) is 2.76. The van der Waals surface area contributed by atoms with Gasteiger partial charge in [0.2, 0.25) is 5.91 Å². The molecule has 0 bridgehead atoms. The van der Waals surface area contributed by atoms with Crippen molar-refractivity contribution < 1.29 is 19.1 Å². The third kappa shape index (κ3) is 4.93. The van der Waals surface area contributed by atoms with Gasteiger partial charge in [-0.3, -0.25) is 10.1 Å². The van der Waals surface area contributed by atoms with Crippen LogP contribution in [0.2, 0.25) is 0 Å². The standard InChI is InChI=1S/C15H19N3O4/c1-4-8-16-15(21)18-12(19)9-17-11-7-5-6-10(2)13(11)14(20)22-3/h4-7,17H,1,8-9H2,2-3H3,(H2,16,18,19,21). The molecule has 3 amide bonds. The van der Waals surface area contributed by atoms with Gasteiger partial charge in [0.05, 0.1) is 19.2 Å². The van der Waals surface area contributed by atoms with Gasteiger partial charge in [0.1, 0.15) is 0 Å². The minimum absolute atomic E-state index is 0.158. The molecule has 3 N–H and O–H groups in total. The number of anilines is 1. The van der Waals surface area contributed by atoms with Gasteiger partial charge >= 0.3 is 12.0 Å². The van der Waals surface area contributed by atoms with Crippen LogP contribution in [0.25, 0.3) is 0 Å². The second kappa shape index (κ2) is 8.46. The number of hydrogen-bond donors (Lipinski definition) is 3. The number of urea groups is 1. The number of ether oxygens (including phenoxy) is 1. The zero-order valence-corrected chi connectivity index (χ0v) is 12.6. The summed E-state index contributed by atoms with van der Waals surface area (Å²) in [7, 11) is 1.29. The summed E-state index contributed by atoms with van der Waals surface area (Å²) in [6.07, 6.45) is 1.50. The molecule has 0 radical (unpaired) electrons. The van der Waals surface area contributed by atoms with Crippen molar-refractivity contribution in [2.45, 2.75) is 6.92 Å². The Morgan fingerprint density at radius 1 is 1.32 bits per heavy atom. The second-order valence-corrected chi connectivity index (χ2v) is 4.39. The largest absolute Gasteiger partial charge is 0.465 e. The Kier molecular flexibility index (Phi) is 6.62. The summed E-state index contributed by atoms with van der Waals surface area (Å²) in [4.78, 5) is 34.7. The Morgan fingerprint density at radius 3 is 2.68 bits per heavy atom. The molecular weight excluding hydrogens is 286 g/mol. The Balaban J connectivity index is 2.66. The van der Waals surface area contributed by atoms with Crippen molar-refractivity contribution in [1.29, 1.82) is 0 Å². The number of nitrogens with one attached hydrogen (secondary N) is 3. The lowest BCUT2D eigenvalue weighted by atomic mass is 10.1. The van der Waals surface area contributed by atoms with Crippen molar-refractivity contribution >= 4 is 23.6 Å². The first kappa shape index (κ1) is 17.2. The molecule has 0 atom stereocenters. The number of benzene rings is 1. The van der Waals surface area contributed by atoms with Crippen LogP contribution in [0.15, 0.2) is 30.9 Å². The van der Waals surface area contributed by atoms with Crippen molar-refractivity contribution in [2.75, 3.05) is 25.5 Å². The molecule has 0 heterocycles. The Bertz CT molecular complexity index is 584. The lowest BCUT2D eigenvalue weighted by Crippen LogP contribution is -2.42. The zero-order valence-electron chi connectivity index (χ0n) is 12.6. The quantitative estimate of drug-likeness (QED) is 0.542. The maximum Gasteiger partial charge on any atom is 0.340 e. The third-order valence-electron chi connectivity index (χ3n) is 2.76. The number of methoxy groups -OCH3 is 1. The van der Waals surface area contributed by atoms with Crippen LogP contribution in [0, 0.1) is 6.92 Å². The van der Waals surface area contributed by atoms with Gasteiger partial charge in [0, 0.05) is 12.2 Å².